The summed E-state index contributed by atoms with van der Waals surface area (Å²) in [4.78, 5) is 16.3. The van der Waals surface area contributed by atoms with Gasteiger partial charge in [-0.15, -0.1) is 0 Å². The average molecular weight is 376 g/mol. The Labute approximate surface area is 159 Å². The Hall–Kier alpha value is -3.48. The molecule has 1 aromatic heterocycles. The molecule has 0 fully saturated rings. The largest absolute Gasteiger partial charge is 0.454 e. The lowest BCUT2D eigenvalue weighted by molar-refractivity contribution is -0.116. The van der Waals surface area contributed by atoms with E-state index in [1.54, 1.807) is 0 Å². The van der Waals surface area contributed by atoms with Gasteiger partial charge in [0.15, 0.2) is 23.0 Å². The van der Waals surface area contributed by atoms with Gasteiger partial charge in [0.2, 0.25) is 19.5 Å². The van der Waals surface area contributed by atoms with Crippen LogP contribution in [0.5, 0.6) is 23.0 Å². The van der Waals surface area contributed by atoms with Crippen molar-refractivity contribution in [2.24, 2.45) is 4.99 Å². The second-order valence-corrected chi connectivity index (χ2v) is 7.01. The number of benzene rings is 2. The zero-order valence-corrected chi connectivity index (χ0v) is 15.2. The van der Waals surface area contributed by atoms with E-state index in [-0.39, 0.29) is 19.5 Å². The molecule has 3 aliphatic rings. The van der Waals surface area contributed by atoms with Crippen LogP contribution in [-0.2, 0) is 17.8 Å². The second-order valence-electron chi connectivity index (χ2n) is 7.01. The minimum Gasteiger partial charge on any atom is -0.454 e. The third-order valence-corrected chi connectivity index (χ3v) is 5.38. The molecular formula is C21H16N2O5. The molecular weight excluding hydrogens is 360 g/mol. The van der Waals surface area contributed by atoms with Crippen LogP contribution in [0.15, 0.2) is 35.3 Å². The van der Waals surface area contributed by atoms with Gasteiger partial charge < -0.3 is 23.5 Å². The topological polar surface area (TPSA) is 71.3 Å². The van der Waals surface area contributed by atoms with E-state index in [9.17, 15) is 4.79 Å². The SMILES string of the molecule is CC(=O)N=c1c2c3c(ccc2cc2n1CCc1cc4c(cc1-2)OCO4)OCO3. The summed E-state index contributed by atoms with van der Waals surface area (Å²) < 4.78 is 24.4. The molecule has 0 aliphatic carbocycles. The molecule has 1 amide bonds. The number of carbonyl (C=O) groups excluding carboxylic acids is 1. The minimum absolute atomic E-state index is 0.169. The van der Waals surface area contributed by atoms with Crippen molar-refractivity contribution in [2.75, 3.05) is 13.6 Å². The highest BCUT2D eigenvalue weighted by molar-refractivity contribution is 5.94. The maximum atomic E-state index is 12.0. The van der Waals surface area contributed by atoms with E-state index in [1.165, 1.54) is 12.5 Å². The molecule has 0 radical (unpaired) electrons. The van der Waals surface area contributed by atoms with Crippen molar-refractivity contribution < 1.29 is 23.7 Å². The molecule has 2 aromatic carbocycles. The minimum atomic E-state index is -0.254. The van der Waals surface area contributed by atoms with Crippen LogP contribution in [0.25, 0.3) is 22.0 Å². The highest BCUT2D eigenvalue weighted by Gasteiger charge is 2.26. The van der Waals surface area contributed by atoms with Gasteiger partial charge in [0.25, 0.3) is 0 Å². The van der Waals surface area contributed by atoms with Crippen LogP contribution >= 0.6 is 0 Å². The second kappa shape index (κ2) is 5.51. The summed E-state index contributed by atoms with van der Waals surface area (Å²) in [6, 6.07) is 10.0. The van der Waals surface area contributed by atoms with Crippen molar-refractivity contribution in [3.05, 3.63) is 41.4 Å². The molecule has 0 atom stereocenters. The number of carbonyl (C=O) groups is 1. The van der Waals surface area contributed by atoms with E-state index in [4.69, 9.17) is 18.9 Å². The highest BCUT2D eigenvalue weighted by atomic mass is 16.7. The molecule has 0 N–H and O–H groups in total. The van der Waals surface area contributed by atoms with E-state index < -0.39 is 0 Å². The van der Waals surface area contributed by atoms with E-state index in [1.807, 2.05) is 24.3 Å². The van der Waals surface area contributed by atoms with Gasteiger partial charge in [0.1, 0.15) is 5.49 Å². The summed E-state index contributed by atoms with van der Waals surface area (Å²) in [5.74, 6) is 2.58. The molecule has 28 heavy (non-hydrogen) atoms. The van der Waals surface area contributed by atoms with Gasteiger partial charge in [-0.25, -0.2) is 0 Å². The molecule has 6 rings (SSSR count). The Balaban J connectivity index is 1.72. The number of rotatable bonds is 0. The monoisotopic (exact) mass is 376 g/mol. The number of aromatic nitrogens is 1. The van der Waals surface area contributed by atoms with E-state index in [2.05, 4.69) is 15.6 Å². The van der Waals surface area contributed by atoms with E-state index in [0.29, 0.717) is 23.5 Å². The Morgan fingerprint density at radius 1 is 1.00 bits per heavy atom. The maximum absolute atomic E-state index is 12.0. The molecule has 0 saturated heterocycles. The maximum Gasteiger partial charge on any atom is 0.244 e. The van der Waals surface area contributed by atoms with E-state index >= 15 is 0 Å². The fraction of sp³-hybridized carbons (Fsp3) is 0.238. The Kier molecular flexibility index (Phi) is 3.06. The number of aryl methyl sites for hydroxylation is 1. The molecule has 7 nitrogen and oxygen atoms in total. The van der Waals surface area contributed by atoms with Crippen LogP contribution in [0.2, 0.25) is 0 Å². The first kappa shape index (κ1) is 15.6. The smallest absolute Gasteiger partial charge is 0.244 e. The van der Waals surface area contributed by atoms with Crippen molar-refractivity contribution in [1.29, 1.82) is 0 Å². The van der Waals surface area contributed by atoms with Crippen molar-refractivity contribution >= 4 is 16.7 Å². The number of fused-ring (bicyclic) bond motifs is 7. The average Bonchev–Trinajstić information content (AvgIpc) is 3.34. The molecule has 0 bridgehead atoms. The first-order valence-corrected chi connectivity index (χ1v) is 9.13. The van der Waals surface area contributed by atoms with Gasteiger partial charge >= 0.3 is 0 Å². The van der Waals surface area contributed by atoms with Crippen molar-refractivity contribution in [3.63, 3.8) is 0 Å². The summed E-state index contributed by atoms with van der Waals surface area (Å²) in [5.41, 5.74) is 3.85. The van der Waals surface area contributed by atoms with Gasteiger partial charge in [-0.2, -0.15) is 4.99 Å². The van der Waals surface area contributed by atoms with Gasteiger partial charge in [0, 0.05) is 19.0 Å². The Morgan fingerprint density at radius 3 is 2.64 bits per heavy atom. The predicted octanol–water partition coefficient (Wildman–Crippen LogP) is 2.77. The summed E-state index contributed by atoms with van der Waals surface area (Å²) in [5, 5.41) is 1.75. The third-order valence-electron chi connectivity index (χ3n) is 5.38. The van der Waals surface area contributed by atoms with Crippen LogP contribution in [0.3, 0.4) is 0 Å². The summed E-state index contributed by atoms with van der Waals surface area (Å²) in [6.07, 6.45) is 0.807. The number of nitrogens with zero attached hydrogens (tertiary/aromatic N) is 2. The molecule has 7 heteroatoms. The number of ether oxygens (including phenoxy) is 4. The third kappa shape index (κ3) is 2.10. The highest BCUT2D eigenvalue weighted by Crippen LogP contribution is 2.43. The lowest BCUT2D eigenvalue weighted by atomic mass is 9.95. The lowest BCUT2D eigenvalue weighted by Gasteiger charge is -2.24. The van der Waals surface area contributed by atoms with Crippen LogP contribution in [0, 0.1) is 0 Å². The van der Waals surface area contributed by atoms with Gasteiger partial charge in [0.05, 0.1) is 11.1 Å². The molecule has 4 heterocycles. The molecule has 140 valence electrons. The fourth-order valence-corrected chi connectivity index (χ4v) is 4.19. The van der Waals surface area contributed by atoms with Crippen LogP contribution in [-0.4, -0.2) is 24.1 Å². The first-order valence-electron chi connectivity index (χ1n) is 9.13. The Morgan fingerprint density at radius 2 is 1.79 bits per heavy atom. The zero-order valence-electron chi connectivity index (χ0n) is 15.2. The molecule has 3 aromatic rings. The number of amides is 1. The molecule has 0 saturated carbocycles. The molecule has 3 aliphatic heterocycles. The van der Waals surface area contributed by atoms with Gasteiger partial charge in [-0.05, 0) is 41.6 Å². The predicted molar refractivity (Wildman–Crippen MR) is 99.6 cm³/mol. The Bertz CT molecular complexity index is 1260. The van der Waals surface area contributed by atoms with Crippen molar-refractivity contribution in [3.8, 4) is 34.3 Å². The normalized spacial score (nSPS) is 16.2. The number of hydrogen-bond donors (Lipinski definition) is 0. The molecule has 0 spiro atoms. The number of pyridine rings is 1. The lowest BCUT2D eigenvalue weighted by Crippen LogP contribution is -2.28. The van der Waals surface area contributed by atoms with Crippen LogP contribution < -0.4 is 24.4 Å². The standard InChI is InChI=1S/C21H16N2O5/c1-11(24)22-21-19-13(2-3-16-20(19)28-10-25-16)6-15-14-8-18-17(26-9-27-18)7-12(14)4-5-23(15)21/h2-3,6-8H,4-5,9-10H2,1H3. The van der Waals surface area contributed by atoms with Crippen molar-refractivity contribution in [2.45, 2.75) is 19.9 Å². The number of hydrogen-bond acceptors (Lipinski definition) is 5. The first-order chi connectivity index (χ1) is 13.7. The quantitative estimate of drug-likeness (QED) is 0.603. The van der Waals surface area contributed by atoms with Crippen LogP contribution in [0.1, 0.15) is 12.5 Å². The van der Waals surface area contributed by atoms with Crippen molar-refractivity contribution in [1.82, 2.24) is 4.57 Å². The fourth-order valence-electron chi connectivity index (χ4n) is 4.19. The zero-order chi connectivity index (χ0) is 18.8. The van der Waals surface area contributed by atoms with E-state index in [0.717, 1.165) is 39.9 Å². The summed E-state index contributed by atoms with van der Waals surface area (Å²) in [6.45, 7) is 2.57. The van der Waals surface area contributed by atoms with Crippen LogP contribution in [0.4, 0.5) is 0 Å². The summed E-state index contributed by atoms with van der Waals surface area (Å²) in [7, 11) is 0. The van der Waals surface area contributed by atoms with Gasteiger partial charge in [-0.3, -0.25) is 4.79 Å². The van der Waals surface area contributed by atoms with Gasteiger partial charge in [-0.1, -0.05) is 6.07 Å². The summed E-state index contributed by atoms with van der Waals surface area (Å²) >= 11 is 0. The molecule has 0 unspecified atom stereocenters.